The van der Waals surface area contributed by atoms with Gasteiger partial charge in [-0.1, -0.05) is 84.6 Å². The lowest BCUT2D eigenvalue weighted by molar-refractivity contribution is -0.118. The van der Waals surface area contributed by atoms with Crippen molar-refractivity contribution in [3.63, 3.8) is 0 Å². The maximum atomic E-state index is 13.6. The first-order valence-corrected chi connectivity index (χ1v) is 10.0. The summed E-state index contributed by atoms with van der Waals surface area (Å²) >= 11 is 1.52. The van der Waals surface area contributed by atoms with Crippen LogP contribution in [0.2, 0.25) is 0 Å². The van der Waals surface area contributed by atoms with Crippen LogP contribution in [0.1, 0.15) is 28.3 Å². The monoisotopic (exact) mass is 383 g/mol. The number of amides is 1. The summed E-state index contributed by atoms with van der Waals surface area (Å²) in [5, 5.41) is 0.750. The number of thioether (sulfide) groups is 1. The lowest BCUT2D eigenvalue weighted by Gasteiger charge is -2.32. The molecule has 2 aliphatic rings. The van der Waals surface area contributed by atoms with E-state index in [1.165, 1.54) is 11.8 Å². The van der Waals surface area contributed by atoms with Crippen molar-refractivity contribution in [2.75, 3.05) is 4.90 Å². The number of para-hydroxylation sites is 1. The topological polar surface area (TPSA) is 37.4 Å². The number of anilines is 1. The summed E-state index contributed by atoms with van der Waals surface area (Å²) in [7, 11) is 0. The molecular weight excluding hydrogens is 366 g/mol. The van der Waals surface area contributed by atoms with Gasteiger partial charge in [-0.25, -0.2) is 0 Å². The molecule has 3 nitrogen and oxygen atoms in total. The van der Waals surface area contributed by atoms with Gasteiger partial charge < -0.3 is 0 Å². The molecule has 2 heterocycles. The predicted octanol–water partition coefficient (Wildman–Crippen LogP) is 5.41. The Labute approximate surface area is 167 Å². The van der Waals surface area contributed by atoms with E-state index >= 15 is 0 Å². The van der Waals surface area contributed by atoms with Crippen LogP contribution in [0.5, 0.6) is 0 Å². The molecule has 0 saturated carbocycles. The van der Waals surface area contributed by atoms with Gasteiger partial charge in [0.25, 0.3) is 0 Å². The van der Waals surface area contributed by atoms with Gasteiger partial charge in [-0.15, -0.1) is 0 Å². The molecule has 0 fully saturated rings. The highest BCUT2D eigenvalue weighted by Gasteiger charge is 2.42. The Kier molecular flexibility index (Phi) is 4.14. The van der Waals surface area contributed by atoms with E-state index in [1.807, 2.05) is 84.9 Å². The Morgan fingerprint density at radius 2 is 1.50 bits per heavy atom. The number of carbonyl (C=O) groups excluding carboxylic acids is 2. The first-order valence-electron chi connectivity index (χ1n) is 9.23. The zero-order valence-electron chi connectivity index (χ0n) is 15.0. The van der Waals surface area contributed by atoms with E-state index in [9.17, 15) is 9.59 Å². The molecule has 136 valence electrons. The normalized spacial score (nSPS) is 18.1. The van der Waals surface area contributed by atoms with E-state index in [-0.39, 0.29) is 24.0 Å². The summed E-state index contributed by atoms with van der Waals surface area (Å²) in [6, 6.07) is 27.0. The molecule has 5 rings (SSSR count). The third-order valence-electron chi connectivity index (χ3n) is 5.21. The number of allylic oxidation sites excluding steroid dienone is 1. The van der Waals surface area contributed by atoms with Crippen LogP contribution < -0.4 is 4.90 Å². The minimum atomic E-state index is -0.241. The number of fused-ring (bicyclic) bond motifs is 3. The second kappa shape index (κ2) is 6.80. The smallest absolute Gasteiger partial charge is 0.232 e. The van der Waals surface area contributed by atoms with Gasteiger partial charge in [-0.3, -0.25) is 14.5 Å². The Hall–Kier alpha value is -3.11. The fourth-order valence-electron chi connectivity index (χ4n) is 3.90. The Morgan fingerprint density at radius 1 is 0.857 bits per heavy atom. The zero-order chi connectivity index (χ0) is 19.1. The molecule has 28 heavy (non-hydrogen) atoms. The summed E-state index contributed by atoms with van der Waals surface area (Å²) in [6.45, 7) is 0. The van der Waals surface area contributed by atoms with E-state index in [2.05, 4.69) is 0 Å². The molecule has 2 aliphatic heterocycles. The third-order valence-corrected chi connectivity index (χ3v) is 6.37. The fraction of sp³-hybridized carbons (Fsp3) is 0.0833. The number of hydrogen-bond acceptors (Lipinski definition) is 3. The summed E-state index contributed by atoms with van der Waals surface area (Å²) in [6.07, 6.45) is 0.288. The van der Waals surface area contributed by atoms with E-state index in [4.69, 9.17) is 0 Å². The maximum Gasteiger partial charge on any atom is 0.232 e. The van der Waals surface area contributed by atoms with Crippen LogP contribution in [0, 0.1) is 0 Å². The van der Waals surface area contributed by atoms with Crippen molar-refractivity contribution in [2.24, 2.45) is 0 Å². The van der Waals surface area contributed by atoms with Gasteiger partial charge in [0.2, 0.25) is 5.91 Å². The van der Waals surface area contributed by atoms with Gasteiger partial charge in [0, 0.05) is 28.4 Å². The zero-order valence-corrected chi connectivity index (χ0v) is 15.9. The highest BCUT2D eigenvalue weighted by molar-refractivity contribution is 8.03. The molecule has 3 aromatic rings. The minimum absolute atomic E-state index is 0.0118. The van der Waals surface area contributed by atoms with Crippen LogP contribution >= 0.6 is 11.8 Å². The van der Waals surface area contributed by atoms with E-state index in [0.29, 0.717) is 11.1 Å². The molecule has 3 aromatic carbocycles. The highest BCUT2D eigenvalue weighted by atomic mass is 32.2. The van der Waals surface area contributed by atoms with Crippen molar-refractivity contribution in [1.29, 1.82) is 0 Å². The Balaban J connectivity index is 1.72. The van der Waals surface area contributed by atoms with E-state index in [1.54, 1.807) is 4.90 Å². The van der Waals surface area contributed by atoms with Crippen molar-refractivity contribution < 1.29 is 9.59 Å². The second-order valence-corrected chi connectivity index (χ2v) is 7.91. The fourth-order valence-corrected chi connectivity index (χ4v) is 5.15. The number of rotatable bonds is 3. The van der Waals surface area contributed by atoms with Crippen LogP contribution in [0.15, 0.2) is 100 Å². The predicted molar refractivity (Wildman–Crippen MR) is 111 cm³/mol. The van der Waals surface area contributed by atoms with E-state index < -0.39 is 0 Å². The molecular formula is C24H17NO2S. The molecule has 1 atom stereocenters. The van der Waals surface area contributed by atoms with Crippen LogP contribution in [-0.2, 0) is 4.79 Å². The number of ketones is 1. The lowest BCUT2D eigenvalue weighted by atomic mass is 9.82. The minimum Gasteiger partial charge on any atom is -0.289 e. The molecule has 1 amide bonds. The number of carbonyl (C=O) groups is 2. The van der Waals surface area contributed by atoms with E-state index in [0.717, 1.165) is 21.2 Å². The van der Waals surface area contributed by atoms with Crippen molar-refractivity contribution in [3.8, 4) is 0 Å². The van der Waals surface area contributed by atoms with Gasteiger partial charge >= 0.3 is 0 Å². The van der Waals surface area contributed by atoms with Gasteiger partial charge in [-0.05, 0) is 17.7 Å². The molecule has 0 N–H and O–H groups in total. The van der Waals surface area contributed by atoms with Crippen molar-refractivity contribution in [2.45, 2.75) is 17.2 Å². The second-order valence-electron chi connectivity index (χ2n) is 6.88. The van der Waals surface area contributed by atoms with Crippen LogP contribution in [-0.4, -0.2) is 11.7 Å². The maximum absolute atomic E-state index is 13.6. The van der Waals surface area contributed by atoms with Crippen LogP contribution in [0.25, 0.3) is 0 Å². The quantitative estimate of drug-likeness (QED) is 0.568. The average molecular weight is 383 g/mol. The molecule has 0 radical (unpaired) electrons. The molecule has 4 heteroatoms. The summed E-state index contributed by atoms with van der Waals surface area (Å²) in [5.41, 5.74) is 3.23. The molecule has 0 unspecified atom stereocenters. The molecule has 0 aliphatic carbocycles. The van der Waals surface area contributed by atoms with Crippen LogP contribution in [0.4, 0.5) is 5.69 Å². The standard InChI is InChI=1S/C24H17NO2S/c26-21-15-18(16-9-3-1-4-10-16)22(23(27)17-11-5-2-6-12-17)24-25(21)19-13-7-8-14-20(19)28-24/h1-14,18H,15H2/t18-/m1/s1. The van der Waals surface area contributed by atoms with Gasteiger partial charge in [0.15, 0.2) is 5.78 Å². The molecule has 0 spiro atoms. The van der Waals surface area contributed by atoms with Gasteiger partial charge in [-0.2, -0.15) is 0 Å². The van der Waals surface area contributed by atoms with Crippen molar-refractivity contribution in [1.82, 2.24) is 0 Å². The summed E-state index contributed by atoms with van der Waals surface area (Å²) in [4.78, 5) is 29.4. The van der Waals surface area contributed by atoms with Crippen molar-refractivity contribution >= 4 is 29.1 Å². The molecule has 0 bridgehead atoms. The summed E-state index contributed by atoms with van der Waals surface area (Å²) < 4.78 is 0. The lowest BCUT2D eigenvalue weighted by Crippen LogP contribution is -2.36. The van der Waals surface area contributed by atoms with Crippen molar-refractivity contribution in [3.05, 3.63) is 107 Å². The third kappa shape index (κ3) is 2.69. The number of benzene rings is 3. The largest absolute Gasteiger partial charge is 0.289 e. The number of hydrogen-bond donors (Lipinski definition) is 0. The Morgan fingerprint density at radius 3 is 2.25 bits per heavy atom. The number of Topliss-reactive ketones (excluding diaryl/α,β-unsaturated/α-hetero) is 1. The van der Waals surface area contributed by atoms with Crippen LogP contribution in [0.3, 0.4) is 0 Å². The van der Waals surface area contributed by atoms with Gasteiger partial charge in [0.1, 0.15) is 0 Å². The summed E-state index contributed by atoms with van der Waals surface area (Å²) in [5.74, 6) is -0.220. The van der Waals surface area contributed by atoms with Gasteiger partial charge in [0.05, 0.1) is 10.7 Å². The molecule has 0 aromatic heterocycles. The first-order chi connectivity index (χ1) is 13.7. The highest BCUT2D eigenvalue weighted by Crippen LogP contribution is 2.53. The molecule has 0 saturated heterocycles. The average Bonchev–Trinajstić information content (AvgIpc) is 3.14. The Bertz CT molecular complexity index is 1110. The first kappa shape index (κ1) is 17.0. The number of nitrogens with zero attached hydrogens (tertiary/aromatic N) is 1. The SMILES string of the molecule is O=C(C1=C2Sc3ccccc3N2C(=O)C[C@@H]1c1ccccc1)c1ccccc1.